The number of rotatable bonds is 2. The second kappa shape index (κ2) is 4.21. The fourth-order valence-electron chi connectivity index (χ4n) is 1.22. The van der Waals surface area contributed by atoms with Crippen LogP contribution in [0.15, 0.2) is 45.7 Å². The summed E-state index contributed by atoms with van der Waals surface area (Å²) >= 11 is 9.13. The standard InChI is InChI=1S/C11H6BrClO2/c12-10-2-1-8(13)5-9(10)11(14)7-3-4-15-6-7/h1-6H. The summed E-state index contributed by atoms with van der Waals surface area (Å²) in [7, 11) is 0. The van der Waals surface area contributed by atoms with Crippen molar-refractivity contribution in [2.75, 3.05) is 0 Å². The molecule has 0 radical (unpaired) electrons. The summed E-state index contributed by atoms with van der Waals surface area (Å²) in [5, 5.41) is 0.532. The largest absolute Gasteiger partial charge is 0.472 e. The first-order valence-corrected chi connectivity index (χ1v) is 5.37. The average molecular weight is 286 g/mol. The highest BCUT2D eigenvalue weighted by Crippen LogP contribution is 2.23. The molecule has 0 amide bonds. The van der Waals surface area contributed by atoms with Gasteiger partial charge in [-0.05, 0) is 24.3 Å². The predicted octanol–water partition coefficient (Wildman–Crippen LogP) is 3.93. The van der Waals surface area contributed by atoms with Crippen LogP contribution in [0.4, 0.5) is 0 Å². The molecule has 0 unspecified atom stereocenters. The minimum Gasteiger partial charge on any atom is -0.472 e. The van der Waals surface area contributed by atoms with Crippen molar-refractivity contribution in [2.24, 2.45) is 0 Å². The molecule has 2 rings (SSSR count). The van der Waals surface area contributed by atoms with Crippen LogP contribution in [0.5, 0.6) is 0 Å². The second-order valence-corrected chi connectivity index (χ2v) is 4.26. The van der Waals surface area contributed by atoms with Gasteiger partial charge >= 0.3 is 0 Å². The fraction of sp³-hybridized carbons (Fsp3) is 0. The Morgan fingerprint density at radius 3 is 2.80 bits per heavy atom. The highest BCUT2D eigenvalue weighted by molar-refractivity contribution is 9.10. The number of benzene rings is 1. The Kier molecular flexibility index (Phi) is 2.93. The van der Waals surface area contributed by atoms with Crippen molar-refractivity contribution in [1.29, 1.82) is 0 Å². The van der Waals surface area contributed by atoms with Crippen molar-refractivity contribution in [3.05, 3.63) is 57.4 Å². The van der Waals surface area contributed by atoms with Crippen LogP contribution in [-0.4, -0.2) is 5.78 Å². The molecule has 15 heavy (non-hydrogen) atoms. The van der Waals surface area contributed by atoms with E-state index in [1.54, 1.807) is 24.3 Å². The summed E-state index contributed by atoms with van der Waals surface area (Å²) in [5.41, 5.74) is 1.04. The Bertz CT molecular complexity index is 491. The van der Waals surface area contributed by atoms with Gasteiger partial charge in [0.05, 0.1) is 11.8 Å². The molecule has 0 saturated carbocycles. The maximum absolute atomic E-state index is 11.9. The molecule has 0 aliphatic rings. The van der Waals surface area contributed by atoms with Gasteiger partial charge in [-0.25, -0.2) is 0 Å². The molecule has 0 atom stereocenters. The van der Waals surface area contributed by atoms with Gasteiger partial charge in [0.2, 0.25) is 0 Å². The van der Waals surface area contributed by atoms with E-state index < -0.39 is 0 Å². The van der Waals surface area contributed by atoms with E-state index in [-0.39, 0.29) is 5.78 Å². The third-order valence-electron chi connectivity index (χ3n) is 1.96. The van der Waals surface area contributed by atoms with Gasteiger partial charge < -0.3 is 4.42 Å². The van der Waals surface area contributed by atoms with Crippen LogP contribution in [0.25, 0.3) is 0 Å². The summed E-state index contributed by atoms with van der Waals surface area (Å²) < 4.78 is 5.58. The topological polar surface area (TPSA) is 30.2 Å². The zero-order chi connectivity index (χ0) is 10.8. The molecule has 2 aromatic rings. The van der Waals surface area contributed by atoms with Crippen molar-refractivity contribution in [1.82, 2.24) is 0 Å². The van der Waals surface area contributed by atoms with Crippen molar-refractivity contribution < 1.29 is 9.21 Å². The second-order valence-electron chi connectivity index (χ2n) is 2.97. The quantitative estimate of drug-likeness (QED) is 0.783. The predicted molar refractivity (Wildman–Crippen MR) is 61.3 cm³/mol. The molecule has 1 aromatic carbocycles. The smallest absolute Gasteiger partial charge is 0.197 e. The van der Waals surface area contributed by atoms with Crippen LogP contribution < -0.4 is 0 Å². The van der Waals surface area contributed by atoms with Gasteiger partial charge in [-0.15, -0.1) is 0 Å². The first kappa shape index (κ1) is 10.5. The molecule has 0 saturated heterocycles. The van der Waals surface area contributed by atoms with Crippen LogP contribution in [0.2, 0.25) is 5.02 Å². The van der Waals surface area contributed by atoms with E-state index in [1.807, 2.05) is 0 Å². The molecule has 0 aliphatic heterocycles. The highest BCUT2D eigenvalue weighted by atomic mass is 79.9. The number of carbonyl (C=O) groups is 1. The normalized spacial score (nSPS) is 10.3. The van der Waals surface area contributed by atoms with Crippen molar-refractivity contribution in [2.45, 2.75) is 0 Å². The van der Waals surface area contributed by atoms with Gasteiger partial charge in [0.25, 0.3) is 0 Å². The summed E-state index contributed by atoms with van der Waals surface area (Å²) in [6, 6.07) is 6.71. The van der Waals surface area contributed by atoms with Crippen LogP contribution in [0.3, 0.4) is 0 Å². The molecule has 0 fully saturated rings. The zero-order valence-corrected chi connectivity index (χ0v) is 9.88. The Morgan fingerprint density at radius 1 is 1.33 bits per heavy atom. The lowest BCUT2D eigenvalue weighted by atomic mass is 10.1. The van der Waals surface area contributed by atoms with Gasteiger partial charge in [0, 0.05) is 15.1 Å². The minimum atomic E-state index is -0.113. The third-order valence-corrected chi connectivity index (χ3v) is 2.88. The highest BCUT2D eigenvalue weighted by Gasteiger charge is 2.13. The van der Waals surface area contributed by atoms with Crippen molar-refractivity contribution in [3.63, 3.8) is 0 Å². The monoisotopic (exact) mass is 284 g/mol. The molecular formula is C11H6BrClO2. The van der Waals surface area contributed by atoms with E-state index in [0.29, 0.717) is 16.1 Å². The van der Waals surface area contributed by atoms with E-state index in [9.17, 15) is 4.79 Å². The van der Waals surface area contributed by atoms with E-state index in [2.05, 4.69) is 15.9 Å². The lowest BCUT2D eigenvalue weighted by Gasteiger charge is -2.01. The Hall–Kier alpha value is -1.06. The average Bonchev–Trinajstić information content (AvgIpc) is 2.74. The lowest BCUT2D eigenvalue weighted by molar-refractivity contribution is 0.103. The number of hydrogen-bond acceptors (Lipinski definition) is 2. The van der Waals surface area contributed by atoms with Gasteiger partial charge in [-0.2, -0.15) is 0 Å². The van der Waals surface area contributed by atoms with Gasteiger partial charge in [0.15, 0.2) is 5.78 Å². The molecule has 1 heterocycles. The Morgan fingerprint density at radius 2 is 2.13 bits per heavy atom. The van der Waals surface area contributed by atoms with Gasteiger partial charge in [0.1, 0.15) is 6.26 Å². The molecule has 0 N–H and O–H groups in total. The third kappa shape index (κ3) is 2.13. The Labute approximate surface area is 100.0 Å². The summed E-state index contributed by atoms with van der Waals surface area (Å²) in [6.07, 6.45) is 2.88. The molecule has 2 nitrogen and oxygen atoms in total. The SMILES string of the molecule is O=C(c1ccoc1)c1cc(Cl)ccc1Br. The number of furan rings is 1. The maximum atomic E-state index is 11.9. The summed E-state index contributed by atoms with van der Waals surface area (Å²) in [6.45, 7) is 0. The fourth-order valence-corrected chi connectivity index (χ4v) is 1.82. The van der Waals surface area contributed by atoms with Crippen LogP contribution in [-0.2, 0) is 0 Å². The number of ketones is 1. The first-order chi connectivity index (χ1) is 7.18. The number of halogens is 2. The molecule has 76 valence electrons. The van der Waals surface area contributed by atoms with Crippen molar-refractivity contribution in [3.8, 4) is 0 Å². The number of carbonyl (C=O) groups excluding carboxylic acids is 1. The molecular weight excluding hydrogens is 279 g/mol. The molecule has 4 heteroatoms. The zero-order valence-electron chi connectivity index (χ0n) is 7.54. The maximum Gasteiger partial charge on any atom is 0.197 e. The van der Waals surface area contributed by atoms with Gasteiger partial charge in [-0.1, -0.05) is 27.5 Å². The minimum absolute atomic E-state index is 0.113. The van der Waals surface area contributed by atoms with E-state index in [1.165, 1.54) is 12.5 Å². The molecule has 1 aromatic heterocycles. The Balaban J connectivity index is 2.46. The lowest BCUT2D eigenvalue weighted by Crippen LogP contribution is -2.00. The first-order valence-electron chi connectivity index (χ1n) is 4.20. The van der Waals surface area contributed by atoms with Crippen LogP contribution >= 0.6 is 27.5 Å². The van der Waals surface area contributed by atoms with E-state index >= 15 is 0 Å². The van der Waals surface area contributed by atoms with Gasteiger partial charge in [-0.3, -0.25) is 4.79 Å². The van der Waals surface area contributed by atoms with E-state index in [0.717, 1.165) is 4.47 Å². The number of hydrogen-bond donors (Lipinski definition) is 0. The summed E-state index contributed by atoms with van der Waals surface area (Å²) in [5.74, 6) is -0.113. The molecule has 0 bridgehead atoms. The van der Waals surface area contributed by atoms with E-state index in [4.69, 9.17) is 16.0 Å². The summed E-state index contributed by atoms with van der Waals surface area (Å²) in [4.78, 5) is 11.9. The van der Waals surface area contributed by atoms with Crippen LogP contribution in [0, 0.1) is 0 Å². The van der Waals surface area contributed by atoms with Crippen LogP contribution in [0.1, 0.15) is 15.9 Å². The van der Waals surface area contributed by atoms with Crippen molar-refractivity contribution >= 4 is 33.3 Å². The molecule has 0 aliphatic carbocycles. The molecule has 0 spiro atoms.